The van der Waals surface area contributed by atoms with Crippen molar-refractivity contribution in [2.24, 2.45) is 0 Å². The van der Waals surface area contributed by atoms with Crippen LogP contribution < -0.4 is 0 Å². The first-order valence-corrected chi connectivity index (χ1v) is 14.6. The van der Waals surface area contributed by atoms with E-state index in [1.807, 2.05) is 83.1 Å². The van der Waals surface area contributed by atoms with E-state index < -0.39 is 0 Å². The van der Waals surface area contributed by atoms with Crippen LogP contribution in [0.15, 0.2) is 77.7 Å². The lowest BCUT2D eigenvalue weighted by Gasteiger charge is -2.00. The first kappa shape index (κ1) is 40.8. The molecule has 0 aliphatic carbocycles. The average Bonchev–Trinajstić information content (AvgIpc) is 2.95. The Balaban J connectivity index is 0.000000569. The number of aryl methyl sites for hydroxylation is 6. The van der Waals surface area contributed by atoms with Gasteiger partial charge in [0, 0.05) is 27.1 Å². The van der Waals surface area contributed by atoms with Crippen molar-refractivity contribution in [2.45, 2.75) is 81.6 Å². The summed E-state index contributed by atoms with van der Waals surface area (Å²) in [6.07, 6.45) is 0. The van der Waals surface area contributed by atoms with Crippen molar-refractivity contribution < 1.29 is 23.6 Å². The van der Waals surface area contributed by atoms with Crippen molar-refractivity contribution in [1.29, 1.82) is 0 Å². The third-order valence-electron chi connectivity index (χ3n) is 6.99. The van der Waals surface area contributed by atoms with Gasteiger partial charge in [-0.15, -0.1) is 12.6 Å². The monoisotopic (exact) mass is 630 g/mol. The summed E-state index contributed by atoms with van der Waals surface area (Å²) in [6, 6.07) is 21.4. The van der Waals surface area contributed by atoms with Crippen molar-refractivity contribution in [2.75, 3.05) is 0 Å². The summed E-state index contributed by atoms with van der Waals surface area (Å²) in [5, 5.41) is 0. The number of carbonyl (C=O) groups is 4. The molecule has 0 aromatic heterocycles. The smallest absolute Gasteiger partial charge is 0.159 e. The lowest BCUT2D eigenvalue weighted by Crippen LogP contribution is -1.93. The van der Waals surface area contributed by atoms with Gasteiger partial charge in [0.2, 0.25) is 0 Å². The summed E-state index contributed by atoms with van der Waals surface area (Å²) < 4.78 is 12.7. The minimum Gasteiger partial charge on any atom is -0.295 e. The van der Waals surface area contributed by atoms with Crippen molar-refractivity contribution in [3.63, 3.8) is 0 Å². The van der Waals surface area contributed by atoms with Gasteiger partial charge >= 0.3 is 0 Å². The molecule has 0 saturated heterocycles. The van der Waals surface area contributed by atoms with E-state index in [-0.39, 0.29) is 36.4 Å². The molecule has 0 fully saturated rings. The van der Waals surface area contributed by atoms with Crippen molar-refractivity contribution in [3.8, 4) is 0 Å². The number of halogens is 1. The van der Waals surface area contributed by atoms with E-state index in [9.17, 15) is 23.6 Å². The van der Waals surface area contributed by atoms with Gasteiger partial charge < -0.3 is 0 Å². The van der Waals surface area contributed by atoms with Crippen molar-refractivity contribution in [3.05, 3.63) is 134 Å². The molecule has 0 amide bonds. The van der Waals surface area contributed by atoms with Crippen LogP contribution in [0.1, 0.15) is 110 Å². The first-order valence-electron chi connectivity index (χ1n) is 14.2. The molecule has 4 aromatic carbocycles. The summed E-state index contributed by atoms with van der Waals surface area (Å²) in [5.41, 5.74) is 9.28. The number of ketones is 4. The average molecular weight is 631 g/mol. The van der Waals surface area contributed by atoms with E-state index in [0.717, 1.165) is 27.1 Å². The summed E-state index contributed by atoms with van der Waals surface area (Å²) in [5.74, 6) is 0.0609. The van der Waals surface area contributed by atoms with E-state index in [4.69, 9.17) is 0 Å². The molecule has 240 valence electrons. The maximum Gasteiger partial charge on any atom is 0.159 e. The van der Waals surface area contributed by atoms with Crippen molar-refractivity contribution in [1.82, 2.24) is 0 Å². The van der Waals surface area contributed by atoms with Gasteiger partial charge in [-0.2, -0.15) is 0 Å². The third kappa shape index (κ3) is 14.0. The van der Waals surface area contributed by atoms with Crippen molar-refractivity contribution >= 4 is 35.8 Å². The highest BCUT2D eigenvalue weighted by Gasteiger charge is 2.03. The minimum atomic E-state index is -0.269. The normalized spacial score (nSPS) is 9.51. The highest BCUT2D eigenvalue weighted by Crippen LogP contribution is 2.15. The summed E-state index contributed by atoms with van der Waals surface area (Å²) >= 11 is 4.20. The van der Waals surface area contributed by atoms with Gasteiger partial charge in [0.1, 0.15) is 5.82 Å². The second-order valence-corrected chi connectivity index (χ2v) is 11.3. The highest BCUT2D eigenvalue weighted by molar-refractivity contribution is 7.80. The third-order valence-corrected chi connectivity index (χ3v) is 7.50. The lowest BCUT2D eigenvalue weighted by molar-refractivity contribution is 0.100. The molecule has 0 aliphatic rings. The molecule has 0 bridgehead atoms. The molecule has 0 aliphatic heterocycles. The Labute approximate surface area is 274 Å². The van der Waals surface area contributed by atoms with Gasteiger partial charge in [-0.3, -0.25) is 19.2 Å². The molecule has 0 N–H and O–H groups in total. The molecule has 0 spiro atoms. The molecule has 4 aromatic rings. The van der Waals surface area contributed by atoms with Gasteiger partial charge in [-0.25, -0.2) is 4.39 Å². The predicted molar refractivity (Wildman–Crippen MR) is 188 cm³/mol. The number of carbonyl (C=O) groups excluding carboxylic acids is 4. The Morgan fingerprint density at radius 3 is 1.02 bits per heavy atom. The Kier molecular flexibility index (Phi) is 17.5. The Hall–Kier alpha value is -4.16. The molecule has 0 heterocycles. The number of hydrogen-bond donors (Lipinski definition) is 1. The van der Waals surface area contributed by atoms with Gasteiger partial charge in [0.25, 0.3) is 0 Å². The standard InChI is InChI=1S/2C10H12O.C9H9FO.C9H10OS.CH4/c2*1-7-4-5-10(9(3)11)6-8(7)2;1-6-5-8(7(2)11)3-4-9(6)10;1-6-5-8(7(2)10)3-4-9(6)11;/h2*4-6H,1-3H3;3-5H,1-2H3;3-5,11H,1-2H3;1H4. The topological polar surface area (TPSA) is 68.3 Å². The number of thiol groups is 1. The minimum absolute atomic E-state index is 0. The Morgan fingerprint density at radius 1 is 0.444 bits per heavy atom. The molecule has 4 nitrogen and oxygen atoms in total. The fraction of sp³-hybridized carbons (Fsp3) is 0.282. The molecule has 0 radical (unpaired) electrons. The molecular formula is C39H47FO4S. The van der Waals surface area contributed by atoms with Gasteiger partial charge in [-0.1, -0.05) is 37.8 Å². The van der Waals surface area contributed by atoms with E-state index >= 15 is 0 Å². The zero-order valence-corrected chi connectivity index (χ0v) is 28.3. The number of Topliss-reactive ketones (excluding diaryl/α,β-unsaturated/α-hetero) is 4. The molecule has 0 atom stereocenters. The lowest BCUT2D eigenvalue weighted by atomic mass is 10.0. The highest BCUT2D eigenvalue weighted by atomic mass is 32.1. The summed E-state index contributed by atoms with van der Waals surface area (Å²) in [4.78, 5) is 44.4. The molecule has 45 heavy (non-hydrogen) atoms. The zero-order valence-electron chi connectivity index (χ0n) is 27.4. The second-order valence-electron chi connectivity index (χ2n) is 10.8. The summed E-state index contributed by atoms with van der Waals surface area (Å²) in [7, 11) is 0. The first-order chi connectivity index (χ1) is 20.4. The van der Waals surface area contributed by atoms with Crippen LogP contribution in [-0.2, 0) is 0 Å². The molecule has 0 saturated carbocycles. The van der Waals surface area contributed by atoms with Crippen LogP contribution in [0.25, 0.3) is 0 Å². The number of hydrogen-bond acceptors (Lipinski definition) is 5. The zero-order chi connectivity index (χ0) is 33.7. The molecule has 6 heteroatoms. The number of benzene rings is 4. The van der Waals surface area contributed by atoms with Gasteiger partial charge in [-0.05, 0) is 145 Å². The fourth-order valence-corrected chi connectivity index (χ4v) is 3.80. The van der Waals surface area contributed by atoms with Crippen LogP contribution in [0.4, 0.5) is 4.39 Å². The van der Waals surface area contributed by atoms with Crippen LogP contribution in [0.3, 0.4) is 0 Å². The fourth-order valence-electron chi connectivity index (χ4n) is 3.66. The van der Waals surface area contributed by atoms with Gasteiger partial charge in [0.05, 0.1) is 0 Å². The predicted octanol–water partition coefficient (Wildman–Crippen LogP) is 10.5. The van der Waals surface area contributed by atoms with Crippen LogP contribution in [0, 0.1) is 47.4 Å². The molecule has 0 unspecified atom stereocenters. The SMILES string of the molecule is C.CC(=O)c1ccc(C)c(C)c1.CC(=O)c1ccc(C)c(C)c1.CC(=O)c1ccc(F)c(C)c1.CC(=O)c1ccc(S)c(C)c1. The molecular weight excluding hydrogens is 583 g/mol. The maximum atomic E-state index is 12.7. The Bertz CT molecular complexity index is 1410. The quantitative estimate of drug-likeness (QED) is 0.180. The van der Waals surface area contributed by atoms with E-state index in [0.29, 0.717) is 11.1 Å². The van der Waals surface area contributed by atoms with Crippen LogP contribution >= 0.6 is 12.6 Å². The van der Waals surface area contributed by atoms with Crippen LogP contribution in [0.2, 0.25) is 0 Å². The summed E-state index contributed by atoms with van der Waals surface area (Å²) in [6.45, 7) is 17.9. The van der Waals surface area contributed by atoms with E-state index in [1.165, 1.54) is 41.3 Å². The van der Waals surface area contributed by atoms with Gasteiger partial charge in [0.15, 0.2) is 23.1 Å². The second kappa shape index (κ2) is 19.3. The number of rotatable bonds is 4. The van der Waals surface area contributed by atoms with Crippen LogP contribution in [-0.4, -0.2) is 23.1 Å². The van der Waals surface area contributed by atoms with Crippen LogP contribution in [0.5, 0.6) is 0 Å². The Morgan fingerprint density at radius 2 is 0.733 bits per heavy atom. The largest absolute Gasteiger partial charge is 0.295 e. The molecule has 4 rings (SSSR count). The van der Waals surface area contributed by atoms with E-state index in [1.54, 1.807) is 39.8 Å². The maximum absolute atomic E-state index is 12.7. The van der Waals surface area contributed by atoms with E-state index in [2.05, 4.69) is 12.6 Å².